The lowest BCUT2D eigenvalue weighted by Crippen LogP contribution is -2.38. The van der Waals surface area contributed by atoms with Crippen molar-refractivity contribution >= 4 is 5.91 Å². The van der Waals surface area contributed by atoms with Gasteiger partial charge in [-0.2, -0.15) is 0 Å². The van der Waals surface area contributed by atoms with Crippen molar-refractivity contribution in [2.45, 2.75) is 37.8 Å². The Bertz CT molecular complexity index is 489. The van der Waals surface area contributed by atoms with Gasteiger partial charge in [0.05, 0.1) is 13.0 Å². The molecule has 4 heteroatoms. The fraction of sp³-hybridized carbons (Fsp3) is 0.562. The maximum Gasteiger partial charge on any atom is 0.224 e. The molecule has 0 aromatic heterocycles. The molecule has 0 radical (unpaired) electrons. The molecule has 1 aromatic carbocycles. The molecule has 0 saturated carbocycles. The first-order chi connectivity index (χ1) is 9.76. The summed E-state index contributed by atoms with van der Waals surface area (Å²) in [6, 6.07) is 8.99. The third-order valence-corrected chi connectivity index (χ3v) is 4.48. The molecule has 3 unspecified atom stereocenters. The number of hydrogen-bond donors (Lipinski definition) is 2. The maximum absolute atomic E-state index is 12.2. The number of carbonyl (C=O) groups is 1. The van der Waals surface area contributed by atoms with E-state index in [1.165, 1.54) is 12.0 Å². The van der Waals surface area contributed by atoms with Crippen molar-refractivity contribution in [2.24, 2.45) is 5.92 Å². The fourth-order valence-electron chi connectivity index (χ4n) is 3.40. The summed E-state index contributed by atoms with van der Waals surface area (Å²) >= 11 is 0. The Morgan fingerprint density at radius 1 is 1.45 bits per heavy atom. The number of nitrogens with one attached hydrogen (secondary N) is 2. The summed E-state index contributed by atoms with van der Waals surface area (Å²) in [5.41, 5.74) is 1.19. The summed E-state index contributed by atoms with van der Waals surface area (Å²) in [6.07, 6.45) is 4.24. The quantitative estimate of drug-likeness (QED) is 0.855. The molecule has 2 aliphatic rings. The highest BCUT2D eigenvalue weighted by atomic mass is 16.5. The summed E-state index contributed by atoms with van der Waals surface area (Å²) < 4.78 is 5.20. The van der Waals surface area contributed by atoms with Crippen LogP contribution >= 0.6 is 0 Å². The summed E-state index contributed by atoms with van der Waals surface area (Å²) in [4.78, 5) is 12.2. The number of rotatable bonds is 5. The Morgan fingerprint density at radius 3 is 3.05 bits per heavy atom. The minimum Gasteiger partial charge on any atom is -0.497 e. The molecule has 1 amide bonds. The number of fused-ring (bicyclic) bond motifs is 2. The van der Waals surface area contributed by atoms with Crippen molar-refractivity contribution < 1.29 is 9.53 Å². The predicted molar refractivity (Wildman–Crippen MR) is 77.8 cm³/mol. The van der Waals surface area contributed by atoms with E-state index in [1.54, 1.807) is 7.11 Å². The normalized spacial score (nSPS) is 27.6. The van der Waals surface area contributed by atoms with E-state index in [1.807, 2.05) is 18.2 Å². The largest absolute Gasteiger partial charge is 0.497 e. The van der Waals surface area contributed by atoms with E-state index in [-0.39, 0.29) is 11.8 Å². The molecule has 0 spiro atoms. The molecule has 108 valence electrons. The Hall–Kier alpha value is -1.55. The van der Waals surface area contributed by atoms with Gasteiger partial charge in [-0.1, -0.05) is 12.1 Å². The van der Waals surface area contributed by atoms with Gasteiger partial charge in [-0.3, -0.25) is 4.79 Å². The van der Waals surface area contributed by atoms with Crippen LogP contribution in [-0.2, 0) is 11.2 Å². The SMILES string of the molecule is COc1cccc(CCNC(=O)C2CC3CCC2N3)c1. The monoisotopic (exact) mass is 274 g/mol. The Kier molecular flexibility index (Phi) is 3.92. The van der Waals surface area contributed by atoms with E-state index < -0.39 is 0 Å². The van der Waals surface area contributed by atoms with Crippen molar-refractivity contribution in [1.29, 1.82) is 0 Å². The second-order valence-electron chi connectivity index (χ2n) is 5.78. The zero-order valence-electron chi connectivity index (χ0n) is 11.9. The van der Waals surface area contributed by atoms with Crippen LogP contribution in [0.25, 0.3) is 0 Å². The molecule has 0 aliphatic carbocycles. The van der Waals surface area contributed by atoms with E-state index in [4.69, 9.17) is 4.74 Å². The summed E-state index contributed by atoms with van der Waals surface area (Å²) in [7, 11) is 1.67. The first-order valence-electron chi connectivity index (χ1n) is 7.43. The average molecular weight is 274 g/mol. The van der Waals surface area contributed by atoms with Crippen LogP contribution in [0.15, 0.2) is 24.3 Å². The Labute approximate surface area is 119 Å². The van der Waals surface area contributed by atoms with Gasteiger partial charge >= 0.3 is 0 Å². The highest BCUT2D eigenvalue weighted by Gasteiger charge is 2.42. The van der Waals surface area contributed by atoms with Crippen LogP contribution in [0.4, 0.5) is 0 Å². The van der Waals surface area contributed by atoms with Crippen molar-refractivity contribution in [3.05, 3.63) is 29.8 Å². The van der Waals surface area contributed by atoms with E-state index in [2.05, 4.69) is 16.7 Å². The molecule has 3 atom stereocenters. The second-order valence-corrected chi connectivity index (χ2v) is 5.78. The molecule has 2 aliphatic heterocycles. The van der Waals surface area contributed by atoms with Gasteiger partial charge in [0.2, 0.25) is 5.91 Å². The van der Waals surface area contributed by atoms with Crippen molar-refractivity contribution in [3.63, 3.8) is 0 Å². The van der Waals surface area contributed by atoms with Crippen LogP contribution in [0.5, 0.6) is 5.75 Å². The molecule has 2 fully saturated rings. The Balaban J connectivity index is 1.46. The summed E-state index contributed by atoms with van der Waals surface area (Å²) in [5.74, 6) is 1.26. The maximum atomic E-state index is 12.2. The molecule has 1 aromatic rings. The smallest absolute Gasteiger partial charge is 0.224 e. The van der Waals surface area contributed by atoms with Crippen LogP contribution in [0.3, 0.4) is 0 Å². The summed E-state index contributed by atoms with van der Waals surface area (Å²) in [5, 5.41) is 6.58. The van der Waals surface area contributed by atoms with Crippen LogP contribution in [0, 0.1) is 5.92 Å². The Morgan fingerprint density at radius 2 is 2.35 bits per heavy atom. The van der Waals surface area contributed by atoms with Gasteiger partial charge in [-0.25, -0.2) is 0 Å². The van der Waals surface area contributed by atoms with E-state index in [0.717, 1.165) is 25.0 Å². The molecule has 2 heterocycles. The van der Waals surface area contributed by atoms with Crippen LogP contribution in [0.2, 0.25) is 0 Å². The topological polar surface area (TPSA) is 50.4 Å². The molecule has 2 bridgehead atoms. The molecule has 3 rings (SSSR count). The third kappa shape index (κ3) is 2.80. The average Bonchev–Trinajstić information content (AvgIpc) is 3.10. The molecular formula is C16H22N2O2. The van der Waals surface area contributed by atoms with E-state index in [0.29, 0.717) is 18.6 Å². The van der Waals surface area contributed by atoms with Gasteiger partial charge in [-0.15, -0.1) is 0 Å². The van der Waals surface area contributed by atoms with Gasteiger partial charge in [-0.05, 0) is 43.4 Å². The van der Waals surface area contributed by atoms with Gasteiger partial charge in [0.15, 0.2) is 0 Å². The second kappa shape index (κ2) is 5.83. The number of hydrogen-bond acceptors (Lipinski definition) is 3. The highest BCUT2D eigenvalue weighted by Crippen LogP contribution is 2.33. The van der Waals surface area contributed by atoms with Crippen LogP contribution in [0.1, 0.15) is 24.8 Å². The van der Waals surface area contributed by atoms with Crippen molar-refractivity contribution in [2.75, 3.05) is 13.7 Å². The lowest BCUT2D eigenvalue weighted by atomic mass is 9.88. The first-order valence-corrected chi connectivity index (χ1v) is 7.43. The molecule has 2 saturated heterocycles. The standard InChI is InChI=1S/C16H22N2O2/c1-20-13-4-2-3-11(9-13)7-8-17-16(19)14-10-12-5-6-15(14)18-12/h2-4,9,12,14-15,18H,5-8,10H2,1H3,(H,17,19). The number of ether oxygens (including phenoxy) is 1. The van der Waals surface area contributed by atoms with E-state index in [9.17, 15) is 4.79 Å². The van der Waals surface area contributed by atoms with Gasteiger partial charge in [0, 0.05) is 18.6 Å². The van der Waals surface area contributed by atoms with Gasteiger partial charge in [0.25, 0.3) is 0 Å². The number of benzene rings is 1. The summed E-state index contributed by atoms with van der Waals surface area (Å²) in [6.45, 7) is 0.694. The minimum absolute atomic E-state index is 0.180. The lowest BCUT2D eigenvalue weighted by molar-refractivity contribution is -0.125. The van der Waals surface area contributed by atoms with Crippen molar-refractivity contribution in [3.8, 4) is 5.75 Å². The first kappa shape index (κ1) is 13.4. The lowest BCUT2D eigenvalue weighted by Gasteiger charge is -2.19. The van der Waals surface area contributed by atoms with Crippen LogP contribution in [-0.4, -0.2) is 31.6 Å². The molecule has 4 nitrogen and oxygen atoms in total. The van der Waals surface area contributed by atoms with Gasteiger partial charge in [0.1, 0.15) is 5.75 Å². The van der Waals surface area contributed by atoms with E-state index >= 15 is 0 Å². The minimum atomic E-state index is 0.180. The number of carbonyl (C=O) groups excluding carboxylic acids is 1. The van der Waals surface area contributed by atoms with Gasteiger partial charge < -0.3 is 15.4 Å². The predicted octanol–water partition coefficient (Wildman–Crippen LogP) is 1.49. The zero-order valence-corrected chi connectivity index (χ0v) is 11.9. The molecular weight excluding hydrogens is 252 g/mol. The third-order valence-electron chi connectivity index (χ3n) is 4.48. The highest BCUT2D eigenvalue weighted by molar-refractivity contribution is 5.80. The number of methoxy groups -OCH3 is 1. The van der Waals surface area contributed by atoms with Crippen LogP contribution < -0.4 is 15.4 Å². The molecule has 2 N–H and O–H groups in total. The molecule has 20 heavy (non-hydrogen) atoms. The van der Waals surface area contributed by atoms with Crippen molar-refractivity contribution in [1.82, 2.24) is 10.6 Å². The zero-order chi connectivity index (χ0) is 13.9. The number of amides is 1. The fourth-order valence-corrected chi connectivity index (χ4v) is 3.40.